The Morgan fingerprint density at radius 2 is 1.43 bits per heavy atom. The van der Waals surface area contributed by atoms with Crippen molar-refractivity contribution in [3.8, 4) is 34.9 Å². The monoisotopic (exact) mass is 472 g/mol. The van der Waals surface area contributed by atoms with E-state index in [1.165, 1.54) is 45.0 Å². The molecule has 0 aromatic carbocycles. The van der Waals surface area contributed by atoms with Crippen LogP contribution in [-0.4, -0.2) is 0 Å². The normalized spacial score (nSPS) is 14.3. The fourth-order valence-electron chi connectivity index (χ4n) is 4.18. The van der Waals surface area contributed by atoms with Crippen LogP contribution in [0.3, 0.4) is 0 Å². The minimum absolute atomic E-state index is 0.0456. The number of thiophene rings is 1. The third-order valence-corrected chi connectivity index (χ3v) is 7.20. The highest BCUT2D eigenvalue weighted by Gasteiger charge is 2.25. The van der Waals surface area contributed by atoms with Crippen LogP contribution in [0.25, 0.3) is 22.3 Å². The van der Waals surface area contributed by atoms with Crippen LogP contribution in [0, 0.1) is 45.3 Å². The highest BCUT2D eigenvalue weighted by Crippen LogP contribution is 2.46. The van der Waals surface area contributed by atoms with Crippen LogP contribution < -0.4 is 0 Å². The third-order valence-electron chi connectivity index (χ3n) is 5.83. The molecule has 2 aromatic heterocycles. The maximum atomic E-state index is 8.87. The molecular weight excluding hydrogens is 452 g/mol. The molecule has 2 heterocycles. The second kappa shape index (κ2) is 11.0. The number of furan rings is 1. The summed E-state index contributed by atoms with van der Waals surface area (Å²) in [5.41, 5.74) is 5.34. The zero-order chi connectivity index (χ0) is 24.6. The summed E-state index contributed by atoms with van der Waals surface area (Å²) in [7, 11) is 0. The molecule has 2 aliphatic carbocycles. The van der Waals surface area contributed by atoms with E-state index in [2.05, 4.69) is 12.2 Å². The minimum atomic E-state index is 0.0456. The molecule has 35 heavy (non-hydrogen) atoms. The molecule has 0 atom stereocenters. The smallest absolute Gasteiger partial charge is 0.145 e. The van der Waals surface area contributed by atoms with E-state index in [0.29, 0.717) is 5.76 Å². The number of nitriles is 4. The third kappa shape index (κ3) is 5.31. The Balaban J connectivity index is 1.56. The molecule has 4 rings (SSSR count). The van der Waals surface area contributed by atoms with Crippen molar-refractivity contribution >= 4 is 23.0 Å². The van der Waals surface area contributed by atoms with Gasteiger partial charge in [0.2, 0.25) is 0 Å². The molecule has 2 aromatic rings. The first kappa shape index (κ1) is 23.5. The molecule has 0 aliphatic heterocycles. The number of hydrogen-bond donors (Lipinski definition) is 0. The van der Waals surface area contributed by atoms with Crippen LogP contribution >= 0.6 is 11.3 Å². The molecule has 0 bridgehead atoms. The summed E-state index contributed by atoms with van der Waals surface area (Å²) in [6.07, 6.45) is 19.6. The Bertz CT molecular complexity index is 1480. The van der Waals surface area contributed by atoms with Crippen LogP contribution in [0.15, 0.2) is 75.8 Å². The highest BCUT2D eigenvalue weighted by atomic mass is 32.1. The van der Waals surface area contributed by atoms with Crippen LogP contribution in [0.1, 0.15) is 41.0 Å². The number of nitrogens with zero attached hydrogens (tertiary/aromatic N) is 4. The molecule has 0 saturated heterocycles. The van der Waals surface area contributed by atoms with Crippen molar-refractivity contribution in [3.05, 3.63) is 93.1 Å². The second-order valence-corrected chi connectivity index (χ2v) is 9.08. The molecule has 0 radical (unpaired) electrons. The summed E-state index contributed by atoms with van der Waals surface area (Å²) in [4.78, 5) is 2.48. The van der Waals surface area contributed by atoms with E-state index in [0.717, 1.165) is 37.0 Å². The lowest BCUT2D eigenvalue weighted by atomic mass is 9.90. The van der Waals surface area contributed by atoms with Gasteiger partial charge < -0.3 is 4.42 Å². The predicted molar refractivity (Wildman–Crippen MR) is 136 cm³/mol. The summed E-state index contributed by atoms with van der Waals surface area (Å²) >= 11 is 1.77. The van der Waals surface area contributed by atoms with Gasteiger partial charge in [0, 0.05) is 4.88 Å². The quantitative estimate of drug-likeness (QED) is 0.328. The summed E-state index contributed by atoms with van der Waals surface area (Å²) < 4.78 is 6.10. The summed E-state index contributed by atoms with van der Waals surface area (Å²) in [6, 6.07) is 11.3. The fraction of sp³-hybridized carbons (Fsp3) is 0.172. The van der Waals surface area contributed by atoms with E-state index in [9.17, 15) is 0 Å². The fourth-order valence-corrected chi connectivity index (χ4v) is 5.56. The van der Waals surface area contributed by atoms with Crippen LogP contribution in [0.4, 0.5) is 0 Å². The lowest BCUT2D eigenvalue weighted by Gasteiger charge is -2.14. The second-order valence-electron chi connectivity index (χ2n) is 8.06. The van der Waals surface area contributed by atoms with Crippen molar-refractivity contribution in [1.82, 2.24) is 0 Å². The highest BCUT2D eigenvalue weighted by molar-refractivity contribution is 7.17. The van der Waals surface area contributed by atoms with Crippen LogP contribution in [0.5, 0.6) is 0 Å². The number of rotatable bonds is 6. The molecule has 0 unspecified atom stereocenters. The van der Waals surface area contributed by atoms with Crippen molar-refractivity contribution in [2.75, 3.05) is 0 Å². The Morgan fingerprint density at radius 3 is 2.09 bits per heavy atom. The van der Waals surface area contributed by atoms with Gasteiger partial charge >= 0.3 is 0 Å². The number of fused-ring (bicyclic) bond motifs is 1. The average molecular weight is 473 g/mol. The molecule has 6 heteroatoms. The van der Waals surface area contributed by atoms with Gasteiger partial charge in [-0.15, -0.1) is 11.3 Å². The first-order valence-electron chi connectivity index (χ1n) is 11.2. The van der Waals surface area contributed by atoms with Crippen molar-refractivity contribution in [1.29, 1.82) is 21.0 Å². The van der Waals surface area contributed by atoms with E-state index >= 15 is 0 Å². The maximum Gasteiger partial charge on any atom is 0.145 e. The van der Waals surface area contributed by atoms with Crippen molar-refractivity contribution < 1.29 is 4.42 Å². The molecule has 0 saturated carbocycles. The molecule has 168 valence electrons. The zero-order valence-corrected chi connectivity index (χ0v) is 19.7. The van der Waals surface area contributed by atoms with Gasteiger partial charge in [0.25, 0.3) is 0 Å². The van der Waals surface area contributed by atoms with Gasteiger partial charge in [-0.1, -0.05) is 30.4 Å². The van der Waals surface area contributed by atoms with E-state index in [4.69, 9.17) is 25.5 Å². The molecule has 0 spiro atoms. The van der Waals surface area contributed by atoms with Gasteiger partial charge in [-0.05, 0) is 84.7 Å². The molecule has 0 N–H and O–H groups in total. The Morgan fingerprint density at radius 1 is 0.800 bits per heavy atom. The standard InChI is InChI=1S/C29H20N4OS/c30-16-21(17-31)6-3-5-20-11-12-23(15-20)28-25-9-1-2-10-26(25)29(35-28)27-14-13-24(34-27)8-4-7-22(18-32)19-33/h3-8,11-14H,1-2,9-10,15H2/b5-3+,8-4+. The largest absolute Gasteiger partial charge is 0.456 e. The van der Waals surface area contributed by atoms with Gasteiger partial charge in [0.15, 0.2) is 0 Å². The first-order valence-corrected chi connectivity index (χ1v) is 12.0. The van der Waals surface area contributed by atoms with E-state index in [-0.39, 0.29) is 11.1 Å². The van der Waals surface area contributed by atoms with Gasteiger partial charge in [-0.25, -0.2) is 0 Å². The van der Waals surface area contributed by atoms with Crippen LogP contribution in [0.2, 0.25) is 0 Å². The van der Waals surface area contributed by atoms with Crippen molar-refractivity contribution in [2.24, 2.45) is 0 Å². The zero-order valence-electron chi connectivity index (χ0n) is 18.9. The molecule has 0 amide bonds. The maximum absolute atomic E-state index is 8.87. The lowest BCUT2D eigenvalue weighted by molar-refractivity contribution is 0.571. The summed E-state index contributed by atoms with van der Waals surface area (Å²) in [6.45, 7) is 0. The topological polar surface area (TPSA) is 108 Å². The van der Waals surface area contributed by atoms with Crippen LogP contribution in [-0.2, 0) is 12.8 Å². The van der Waals surface area contributed by atoms with E-state index < -0.39 is 0 Å². The predicted octanol–water partition coefficient (Wildman–Crippen LogP) is 7.12. The van der Waals surface area contributed by atoms with E-state index in [1.807, 2.05) is 42.5 Å². The average Bonchev–Trinajstić information content (AvgIpc) is 3.63. The van der Waals surface area contributed by atoms with E-state index in [1.54, 1.807) is 29.6 Å². The Labute approximate surface area is 208 Å². The summed E-state index contributed by atoms with van der Waals surface area (Å²) in [5, 5.41) is 35.4. The molecule has 0 fully saturated rings. The number of allylic oxidation sites excluding steroid dienone is 11. The van der Waals surface area contributed by atoms with Gasteiger partial charge in [0.1, 0.15) is 46.9 Å². The number of hydrogen-bond acceptors (Lipinski definition) is 6. The first-order chi connectivity index (χ1) is 17.2. The molecular formula is C29H20N4OS. The van der Waals surface area contributed by atoms with Crippen molar-refractivity contribution in [2.45, 2.75) is 32.1 Å². The van der Waals surface area contributed by atoms with Gasteiger partial charge in [-0.3, -0.25) is 0 Å². The Kier molecular flexibility index (Phi) is 7.40. The SMILES string of the molecule is N#CC(C#N)=C/C=C/C1=CC=C(c2sc(-c3ccc(/C=C/C=C(C#N)C#N)o3)c3c2CCCC3)C1. The molecule has 2 aliphatic rings. The summed E-state index contributed by atoms with van der Waals surface area (Å²) in [5.74, 6) is 1.50. The van der Waals surface area contributed by atoms with Crippen molar-refractivity contribution in [3.63, 3.8) is 0 Å². The Hall–Kier alpha value is -4.62. The lowest BCUT2D eigenvalue weighted by Crippen LogP contribution is -2.02. The van der Waals surface area contributed by atoms with Gasteiger partial charge in [0.05, 0.1) is 4.88 Å². The minimum Gasteiger partial charge on any atom is -0.456 e. The van der Waals surface area contributed by atoms with Gasteiger partial charge in [-0.2, -0.15) is 21.0 Å². The molecule has 5 nitrogen and oxygen atoms in total.